The number of rotatable bonds is 5. The van der Waals surface area contributed by atoms with Gasteiger partial charge in [-0.15, -0.1) is 5.10 Å². The predicted molar refractivity (Wildman–Crippen MR) is 154 cm³/mol. The van der Waals surface area contributed by atoms with Gasteiger partial charge >= 0.3 is 0 Å². The molecule has 0 bridgehead atoms. The fraction of sp³-hybridized carbons (Fsp3) is 0.133. The third-order valence-corrected chi connectivity index (χ3v) is 6.66. The number of nitrogen functional groups attached to an aromatic ring is 1. The zero-order chi connectivity index (χ0) is 28.5. The van der Waals surface area contributed by atoms with E-state index in [-0.39, 0.29) is 16.9 Å². The van der Waals surface area contributed by atoms with Crippen LogP contribution >= 0.6 is 0 Å². The maximum absolute atomic E-state index is 14.2. The summed E-state index contributed by atoms with van der Waals surface area (Å²) in [5.74, 6) is 6.17. The Morgan fingerprint density at radius 1 is 1.10 bits per heavy atom. The van der Waals surface area contributed by atoms with Crippen molar-refractivity contribution in [3.8, 4) is 17.5 Å². The van der Waals surface area contributed by atoms with Crippen LogP contribution in [0.1, 0.15) is 46.7 Å². The third kappa shape index (κ3) is 4.68. The maximum Gasteiger partial charge on any atom is 0.267 e. The average Bonchev–Trinajstić information content (AvgIpc) is 3.56. The molecule has 41 heavy (non-hydrogen) atoms. The lowest BCUT2D eigenvalue weighted by molar-refractivity contribution is 0.0935. The number of aromatic nitrogens is 7. The molecule has 0 saturated carbocycles. The molecule has 0 aliphatic rings. The van der Waals surface area contributed by atoms with E-state index in [2.05, 4.69) is 32.3 Å². The summed E-state index contributed by atoms with van der Waals surface area (Å²) < 4.78 is 4.65. The second-order valence-corrected chi connectivity index (χ2v) is 9.38. The summed E-state index contributed by atoms with van der Waals surface area (Å²) in [5.41, 5.74) is 8.65. The van der Waals surface area contributed by atoms with Gasteiger partial charge in [0.1, 0.15) is 11.4 Å². The highest BCUT2D eigenvalue weighted by atomic mass is 16.2. The molecule has 202 valence electrons. The van der Waals surface area contributed by atoms with E-state index >= 15 is 0 Å². The normalized spacial score (nSPS) is 11.8. The Morgan fingerprint density at radius 2 is 1.93 bits per heavy atom. The molecular weight excluding hydrogens is 518 g/mol. The van der Waals surface area contributed by atoms with E-state index in [0.29, 0.717) is 40.0 Å². The number of carbonyl (C=O) groups excluding carboxylic acids is 1. The first-order chi connectivity index (χ1) is 19.9. The third-order valence-electron chi connectivity index (χ3n) is 6.66. The molecule has 1 unspecified atom stereocenters. The van der Waals surface area contributed by atoms with Crippen LogP contribution in [-0.4, -0.2) is 39.8 Å². The van der Waals surface area contributed by atoms with E-state index in [1.54, 1.807) is 47.7 Å². The van der Waals surface area contributed by atoms with E-state index in [9.17, 15) is 9.59 Å². The summed E-state index contributed by atoms with van der Waals surface area (Å²) in [4.78, 5) is 37.0. The van der Waals surface area contributed by atoms with Crippen LogP contribution in [0.4, 0.5) is 5.82 Å². The van der Waals surface area contributed by atoms with E-state index in [4.69, 9.17) is 10.7 Å². The van der Waals surface area contributed by atoms with Gasteiger partial charge in [0.05, 0.1) is 34.4 Å². The molecule has 11 heteroatoms. The van der Waals surface area contributed by atoms with E-state index in [0.717, 1.165) is 5.56 Å². The lowest BCUT2D eigenvalue weighted by atomic mass is 10.1. The molecule has 0 spiro atoms. The smallest absolute Gasteiger partial charge is 0.267 e. The number of amides is 1. The Hall–Kier alpha value is -5.76. The summed E-state index contributed by atoms with van der Waals surface area (Å²) in [7, 11) is 1.82. The molecule has 4 aromatic heterocycles. The molecule has 11 nitrogen and oxygen atoms in total. The highest BCUT2D eigenvalue weighted by Gasteiger charge is 2.26. The number of anilines is 1. The summed E-state index contributed by atoms with van der Waals surface area (Å²) in [6, 6.07) is 15.6. The van der Waals surface area contributed by atoms with Crippen LogP contribution in [0.25, 0.3) is 22.2 Å². The second kappa shape index (κ2) is 10.4. The molecule has 0 radical (unpaired) electrons. The number of nitrogens with zero attached hydrogens (tertiary/aromatic N) is 7. The predicted octanol–water partition coefficient (Wildman–Crippen LogP) is 3.03. The number of para-hydroxylation sites is 1. The van der Waals surface area contributed by atoms with E-state index < -0.39 is 11.9 Å². The SMILES string of the molecule is CCC(NC(=O)c1c(N)nn2cccnc12)c1nc2cccc(C#Cc3cnn(C)c3)c2c(=O)n1-c1ccccc1. The van der Waals surface area contributed by atoms with Crippen molar-refractivity contribution >= 4 is 28.3 Å². The zero-order valence-electron chi connectivity index (χ0n) is 22.3. The highest BCUT2D eigenvalue weighted by Crippen LogP contribution is 2.24. The van der Waals surface area contributed by atoms with Gasteiger partial charge in [0.15, 0.2) is 11.5 Å². The van der Waals surface area contributed by atoms with Gasteiger partial charge < -0.3 is 11.1 Å². The van der Waals surface area contributed by atoms with Crippen LogP contribution in [0.5, 0.6) is 0 Å². The van der Waals surface area contributed by atoms with Gasteiger partial charge in [-0.25, -0.2) is 14.5 Å². The highest BCUT2D eigenvalue weighted by molar-refractivity contribution is 6.04. The average molecular weight is 544 g/mol. The molecule has 6 rings (SSSR count). The Balaban J connectivity index is 1.50. The van der Waals surface area contributed by atoms with Crippen molar-refractivity contribution < 1.29 is 4.79 Å². The Morgan fingerprint density at radius 3 is 2.68 bits per heavy atom. The summed E-state index contributed by atoms with van der Waals surface area (Å²) in [5, 5.41) is 11.7. The first kappa shape index (κ1) is 25.5. The lowest BCUT2D eigenvalue weighted by Crippen LogP contribution is -2.34. The minimum absolute atomic E-state index is 0.0554. The fourth-order valence-corrected chi connectivity index (χ4v) is 4.74. The Labute approximate surface area is 234 Å². The molecule has 2 aromatic carbocycles. The number of hydrogen-bond acceptors (Lipinski definition) is 7. The van der Waals surface area contributed by atoms with Crippen molar-refractivity contribution in [2.24, 2.45) is 7.05 Å². The quantitative estimate of drug-likeness (QED) is 0.319. The molecule has 1 amide bonds. The van der Waals surface area contributed by atoms with Crippen molar-refractivity contribution in [2.75, 3.05) is 5.73 Å². The number of nitrogens with one attached hydrogen (secondary N) is 1. The molecule has 6 aromatic rings. The zero-order valence-corrected chi connectivity index (χ0v) is 22.3. The summed E-state index contributed by atoms with van der Waals surface area (Å²) in [6.07, 6.45) is 7.15. The lowest BCUT2D eigenvalue weighted by Gasteiger charge is -2.22. The molecule has 0 aliphatic heterocycles. The van der Waals surface area contributed by atoms with Crippen LogP contribution in [0.15, 0.2) is 84.2 Å². The molecule has 0 saturated heterocycles. The van der Waals surface area contributed by atoms with Crippen LogP contribution in [0, 0.1) is 11.8 Å². The van der Waals surface area contributed by atoms with Crippen molar-refractivity contribution in [1.29, 1.82) is 0 Å². The van der Waals surface area contributed by atoms with Crippen LogP contribution in [0.2, 0.25) is 0 Å². The van der Waals surface area contributed by atoms with Gasteiger partial charge in [0, 0.05) is 31.2 Å². The standard InChI is InChI=1S/C30H25N9O2/c1-3-22(35-29(40)25-26(31)36-38-16-8-15-32-28(25)38)27-34-23-12-7-9-20(14-13-19-17-33-37(2)18-19)24(23)30(41)39(27)21-10-5-4-6-11-21/h4-12,15-18,22H,3H2,1-2H3,(H2,31,36)(H,35,40). The number of hydrogen-bond donors (Lipinski definition) is 2. The molecular formula is C30H25N9O2. The summed E-state index contributed by atoms with van der Waals surface area (Å²) in [6.45, 7) is 1.91. The minimum atomic E-state index is -0.636. The number of nitrogens with two attached hydrogens (primary N) is 1. The van der Waals surface area contributed by atoms with Gasteiger partial charge in [-0.3, -0.25) is 18.8 Å². The van der Waals surface area contributed by atoms with E-state index in [1.165, 1.54) is 9.08 Å². The van der Waals surface area contributed by atoms with Crippen molar-refractivity contribution in [3.05, 3.63) is 112 Å². The van der Waals surface area contributed by atoms with Crippen molar-refractivity contribution in [3.63, 3.8) is 0 Å². The number of benzene rings is 2. The molecule has 0 aliphatic carbocycles. The second-order valence-electron chi connectivity index (χ2n) is 9.38. The fourth-order valence-electron chi connectivity index (χ4n) is 4.74. The number of carbonyl (C=O) groups is 1. The van der Waals surface area contributed by atoms with Crippen LogP contribution in [-0.2, 0) is 7.05 Å². The van der Waals surface area contributed by atoms with Crippen LogP contribution in [0.3, 0.4) is 0 Å². The van der Waals surface area contributed by atoms with Crippen molar-refractivity contribution in [2.45, 2.75) is 19.4 Å². The molecule has 4 heterocycles. The van der Waals surface area contributed by atoms with Gasteiger partial charge in [0.2, 0.25) is 0 Å². The molecule has 1 atom stereocenters. The maximum atomic E-state index is 14.2. The van der Waals surface area contributed by atoms with Gasteiger partial charge in [-0.2, -0.15) is 5.10 Å². The number of fused-ring (bicyclic) bond motifs is 2. The molecule has 3 N–H and O–H groups in total. The molecule has 0 fully saturated rings. The first-order valence-corrected chi connectivity index (χ1v) is 13.0. The minimum Gasteiger partial charge on any atom is -0.381 e. The topological polar surface area (TPSA) is 138 Å². The Bertz CT molecular complexity index is 2050. The van der Waals surface area contributed by atoms with Crippen LogP contribution < -0.4 is 16.6 Å². The van der Waals surface area contributed by atoms with Gasteiger partial charge in [0.25, 0.3) is 11.5 Å². The number of aryl methyl sites for hydroxylation is 1. The Kier molecular flexibility index (Phi) is 6.49. The van der Waals surface area contributed by atoms with E-state index in [1.807, 2.05) is 50.4 Å². The summed E-state index contributed by atoms with van der Waals surface area (Å²) >= 11 is 0. The van der Waals surface area contributed by atoms with Gasteiger partial charge in [-0.05, 0) is 36.8 Å². The largest absolute Gasteiger partial charge is 0.381 e. The monoisotopic (exact) mass is 543 g/mol. The first-order valence-electron chi connectivity index (χ1n) is 13.0. The van der Waals surface area contributed by atoms with Crippen molar-refractivity contribution in [1.82, 2.24) is 39.2 Å². The van der Waals surface area contributed by atoms with Gasteiger partial charge in [-0.1, -0.05) is 43.0 Å².